The SMILES string of the molecule is COc1ccc(NC(=O)Oc2c(C(C)C)cccc2C(C)C)cc1. The first-order chi connectivity index (χ1) is 11.4. The zero-order chi connectivity index (χ0) is 17.7. The Morgan fingerprint density at radius 3 is 1.92 bits per heavy atom. The number of hydrogen-bond acceptors (Lipinski definition) is 3. The largest absolute Gasteiger partial charge is 0.497 e. The van der Waals surface area contributed by atoms with Crippen molar-refractivity contribution in [1.29, 1.82) is 0 Å². The van der Waals surface area contributed by atoms with Crippen LogP contribution in [0.1, 0.15) is 50.7 Å². The maximum Gasteiger partial charge on any atom is 0.417 e. The number of para-hydroxylation sites is 1. The minimum absolute atomic E-state index is 0.271. The van der Waals surface area contributed by atoms with Crippen LogP contribution in [0, 0.1) is 0 Å². The van der Waals surface area contributed by atoms with Gasteiger partial charge >= 0.3 is 6.09 Å². The quantitative estimate of drug-likeness (QED) is 0.783. The van der Waals surface area contributed by atoms with Crippen LogP contribution in [0.2, 0.25) is 0 Å². The van der Waals surface area contributed by atoms with Gasteiger partial charge in [0.15, 0.2) is 0 Å². The van der Waals surface area contributed by atoms with Crippen molar-refractivity contribution in [1.82, 2.24) is 0 Å². The lowest BCUT2D eigenvalue weighted by molar-refractivity contribution is 0.214. The van der Waals surface area contributed by atoms with Gasteiger partial charge in [-0.15, -0.1) is 0 Å². The molecule has 0 aliphatic carbocycles. The predicted octanol–water partition coefficient (Wildman–Crippen LogP) is 5.55. The molecule has 0 fully saturated rings. The van der Waals surface area contributed by atoms with Crippen LogP contribution in [-0.2, 0) is 0 Å². The molecule has 0 saturated carbocycles. The van der Waals surface area contributed by atoms with Gasteiger partial charge in [-0.3, -0.25) is 5.32 Å². The highest BCUT2D eigenvalue weighted by molar-refractivity contribution is 5.86. The summed E-state index contributed by atoms with van der Waals surface area (Å²) in [6.07, 6.45) is -0.491. The predicted molar refractivity (Wildman–Crippen MR) is 97.3 cm³/mol. The van der Waals surface area contributed by atoms with Gasteiger partial charge in [0.1, 0.15) is 11.5 Å². The summed E-state index contributed by atoms with van der Waals surface area (Å²) in [5, 5.41) is 2.76. The fourth-order valence-electron chi connectivity index (χ4n) is 2.51. The van der Waals surface area contributed by atoms with Crippen LogP contribution >= 0.6 is 0 Å². The third-order valence-electron chi connectivity index (χ3n) is 3.85. The lowest BCUT2D eigenvalue weighted by Gasteiger charge is -2.19. The minimum atomic E-state index is -0.491. The summed E-state index contributed by atoms with van der Waals surface area (Å²) in [4.78, 5) is 12.3. The van der Waals surface area contributed by atoms with E-state index in [-0.39, 0.29) is 11.8 Å². The van der Waals surface area contributed by atoms with Crippen molar-refractivity contribution in [2.24, 2.45) is 0 Å². The van der Waals surface area contributed by atoms with Gasteiger partial charge < -0.3 is 9.47 Å². The van der Waals surface area contributed by atoms with Crippen molar-refractivity contribution >= 4 is 11.8 Å². The molecule has 0 radical (unpaired) electrons. The van der Waals surface area contributed by atoms with Gasteiger partial charge in [-0.05, 0) is 47.2 Å². The highest BCUT2D eigenvalue weighted by atomic mass is 16.6. The molecule has 24 heavy (non-hydrogen) atoms. The first-order valence-corrected chi connectivity index (χ1v) is 8.18. The number of anilines is 1. The summed E-state index contributed by atoms with van der Waals surface area (Å²) in [6.45, 7) is 8.36. The van der Waals surface area contributed by atoms with E-state index in [0.29, 0.717) is 11.4 Å². The second-order valence-electron chi connectivity index (χ2n) is 6.32. The Labute approximate surface area is 143 Å². The summed E-state index contributed by atoms with van der Waals surface area (Å²) in [7, 11) is 1.60. The number of hydrogen-bond donors (Lipinski definition) is 1. The molecule has 1 N–H and O–H groups in total. The van der Waals surface area contributed by atoms with Crippen LogP contribution < -0.4 is 14.8 Å². The van der Waals surface area contributed by atoms with Gasteiger partial charge in [0.05, 0.1) is 7.11 Å². The first-order valence-electron chi connectivity index (χ1n) is 8.18. The van der Waals surface area contributed by atoms with Gasteiger partial charge in [0.2, 0.25) is 0 Å². The number of nitrogens with one attached hydrogen (secondary N) is 1. The molecule has 0 aliphatic heterocycles. The van der Waals surface area contributed by atoms with Crippen LogP contribution in [0.15, 0.2) is 42.5 Å². The highest BCUT2D eigenvalue weighted by Crippen LogP contribution is 2.34. The zero-order valence-corrected chi connectivity index (χ0v) is 14.9. The van der Waals surface area contributed by atoms with Crippen molar-refractivity contribution in [2.45, 2.75) is 39.5 Å². The number of rotatable bonds is 5. The fraction of sp³-hybridized carbons (Fsp3) is 0.350. The van der Waals surface area contributed by atoms with Crippen LogP contribution in [0.5, 0.6) is 11.5 Å². The monoisotopic (exact) mass is 327 g/mol. The number of methoxy groups -OCH3 is 1. The maximum atomic E-state index is 12.3. The summed E-state index contributed by atoms with van der Waals surface area (Å²) >= 11 is 0. The van der Waals surface area contributed by atoms with Crippen LogP contribution in [-0.4, -0.2) is 13.2 Å². The van der Waals surface area contributed by atoms with Gasteiger partial charge in [-0.2, -0.15) is 0 Å². The Kier molecular flexibility index (Phi) is 5.85. The van der Waals surface area contributed by atoms with Crippen molar-refractivity contribution in [3.8, 4) is 11.5 Å². The van der Waals surface area contributed by atoms with Crippen LogP contribution in [0.3, 0.4) is 0 Å². The van der Waals surface area contributed by atoms with Crippen molar-refractivity contribution in [3.05, 3.63) is 53.6 Å². The van der Waals surface area contributed by atoms with E-state index in [9.17, 15) is 4.79 Å². The van der Waals surface area contributed by atoms with E-state index in [0.717, 1.165) is 16.9 Å². The van der Waals surface area contributed by atoms with Gasteiger partial charge in [0, 0.05) is 5.69 Å². The summed E-state index contributed by atoms with van der Waals surface area (Å²) in [5.41, 5.74) is 2.73. The Morgan fingerprint density at radius 1 is 0.917 bits per heavy atom. The third kappa shape index (κ3) is 4.28. The van der Waals surface area contributed by atoms with Gasteiger partial charge in [-0.25, -0.2) is 4.79 Å². The molecule has 2 rings (SSSR count). The number of benzene rings is 2. The molecule has 0 aliphatic rings. The molecule has 1 amide bonds. The molecule has 4 nitrogen and oxygen atoms in total. The molecular weight excluding hydrogens is 302 g/mol. The Morgan fingerprint density at radius 2 is 1.46 bits per heavy atom. The lowest BCUT2D eigenvalue weighted by Crippen LogP contribution is -2.18. The molecular formula is C20H25NO3. The molecule has 0 bridgehead atoms. The van der Waals surface area contributed by atoms with Gasteiger partial charge in [0.25, 0.3) is 0 Å². The third-order valence-corrected chi connectivity index (χ3v) is 3.85. The minimum Gasteiger partial charge on any atom is -0.497 e. The molecule has 2 aromatic rings. The zero-order valence-electron chi connectivity index (χ0n) is 14.9. The maximum absolute atomic E-state index is 12.3. The van der Waals surface area contributed by atoms with Crippen molar-refractivity contribution < 1.29 is 14.3 Å². The Balaban J connectivity index is 2.21. The summed E-state index contributed by atoms with van der Waals surface area (Å²) < 4.78 is 10.8. The molecule has 4 heteroatoms. The molecule has 0 heterocycles. The average Bonchev–Trinajstić information content (AvgIpc) is 2.55. The van der Waals surface area contributed by atoms with Crippen LogP contribution in [0.25, 0.3) is 0 Å². The van der Waals surface area contributed by atoms with Crippen molar-refractivity contribution in [3.63, 3.8) is 0 Å². The molecule has 0 atom stereocenters. The number of amides is 1. The molecule has 0 unspecified atom stereocenters. The van der Waals surface area contributed by atoms with Crippen molar-refractivity contribution in [2.75, 3.05) is 12.4 Å². The smallest absolute Gasteiger partial charge is 0.417 e. The van der Waals surface area contributed by atoms with Crippen LogP contribution in [0.4, 0.5) is 10.5 Å². The standard InChI is InChI=1S/C20H25NO3/c1-13(2)17-7-6-8-18(14(3)4)19(17)24-20(22)21-15-9-11-16(23-5)12-10-15/h6-14H,1-5H3,(H,21,22). The first kappa shape index (κ1) is 17.9. The summed E-state index contributed by atoms with van der Waals surface area (Å²) in [5.74, 6) is 1.94. The number of carbonyl (C=O) groups excluding carboxylic acids is 1. The highest BCUT2D eigenvalue weighted by Gasteiger charge is 2.18. The molecule has 0 spiro atoms. The Bertz CT molecular complexity index is 664. The van der Waals surface area contributed by atoms with Gasteiger partial charge in [-0.1, -0.05) is 45.9 Å². The van der Waals surface area contributed by atoms with E-state index in [1.807, 2.05) is 18.2 Å². The van der Waals surface area contributed by atoms with E-state index in [1.54, 1.807) is 31.4 Å². The van der Waals surface area contributed by atoms with E-state index in [1.165, 1.54) is 0 Å². The van der Waals surface area contributed by atoms with E-state index in [4.69, 9.17) is 9.47 Å². The number of ether oxygens (including phenoxy) is 2. The second kappa shape index (κ2) is 7.86. The molecule has 0 saturated heterocycles. The second-order valence-corrected chi connectivity index (χ2v) is 6.32. The Hall–Kier alpha value is -2.49. The summed E-state index contributed by atoms with van der Waals surface area (Å²) in [6, 6.07) is 13.2. The molecule has 0 aromatic heterocycles. The number of carbonyl (C=O) groups is 1. The topological polar surface area (TPSA) is 47.6 Å². The molecule has 128 valence electrons. The average molecular weight is 327 g/mol. The normalized spacial score (nSPS) is 10.8. The van der Waals surface area contributed by atoms with E-state index in [2.05, 4.69) is 33.0 Å². The van der Waals surface area contributed by atoms with E-state index >= 15 is 0 Å². The molecule has 2 aromatic carbocycles. The van der Waals surface area contributed by atoms with E-state index < -0.39 is 6.09 Å². The lowest BCUT2D eigenvalue weighted by atomic mass is 9.94. The fourth-order valence-corrected chi connectivity index (χ4v) is 2.51.